The van der Waals surface area contributed by atoms with Crippen LogP contribution in [0.5, 0.6) is 5.75 Å². The third kappa shape index (κ3) is 4.03. The van der Waals surface area contributed by atoms with Crippen molar-refractivity contribution < 1.29 is 19.1 Å². The van der Waals surface area contributed by atoms with E-state index in [-0.39, 0.29) is 42.9 Å². The van der Waals surface area contributed by atoms with Crippen LogP contribution in [-0.2, 0) is 14.4 Å². The number of anilines is 2. The van der Waals surface area contributed by atoms with Gasteiger partial charge in [-0.05, 0) is 56.0 Å². The molecule has 3 atom stereocenters. The van der Waals surface area contributed by atoms with Crippen LogP contribution in [0.15, 0.2) is 48.5 Å². The highest BCUT2D eigenvalue weighted by Crippen LogP contribution is 2.45. The molecular formula is C26H30N4O4. The lowest BCUT2D eigenvalue weighted by Crippen LogP contribution is -2.54. The lowest BCUT2D eigenvalue weighted by Gasteiger charge is -2.36. The molecule has 3 heterocycles. The first-order chi connectivity index (χ1) is 16.4. The molecule has 3 aliphatic heterocycles. The molecule has 0 radical (unpaired) electrons. The normalized spacial score (nSPS) is 26.7. The number of para-hydroxylation sites is 2. The van der Waals surface area contributed by atoms with E-state index < -0.39 is 5.54 Å². The van der Waals surface area contributed by atoms with Gasteiger partial charge in [0, 0.05) is 18.5 Å². The van der Waals surface area contributed by atoms with E-state index in [0.29, 0.717) is 24.2 Å². The number of nitrogens with zero attached hydrogens (tertiary/aromatic N) is 2. The van der Waals surface area contributed by atoms with Gasteiger partial charge in [-0.3, -0.25) is 24.2 Å². The summed E-state index contributed by atoms with van der Waals surface area (Å²) in [5.41, 5.74) is 2.00. The number of amides is 3. The van der Waals surface area contributed by atoms with Crippen molar-refractivity contribution >= 4 is 29.1 Å². The molecule has 8 nitrogen and oxygen atoms in total. The molecule has 0 unspecified atom stereocenters. The Morgan fingerprint density at radius 3 is 2.65 bits per heavy atom. The molecule has 3 aliphatic rings. The maximum Gasteiger partial charge on any atom is 0.244 e. The Kier molecular flexibility index (Phi) is 5.77. The van der Waals surface area contributed by atoms with Gasteiger partial charge in [0.05, 0.1) is 30.6 Å². The molecule has 178 valence electrons. The number of likely N-dealkylation sites (tertiary alicyclic amines) is 1. The second kappa shape index (κ2) is 8.76. The number of fused-ring (bicyclic) bond motifs is 2. The zero-order chi connectivity index (χ0) is 23.9. The minimum absolute atomic E-state index is 0.00441. The molecule has 2 fully saturated rings. The SMILES string of the molecule is COc1ccc([C@@H]2C[C@]3(C)NC(=O)CCC[C@@H]3N2CC(=O)N2CC(=O)Nc3ccccc32)cc1. The number of hydrogen-bond acceptors (Lipinski definition) is 5. The molecule has 3 amide bonds. The van der Waals surface area contributed by atoms with Gasteiger partial charge in [-0.25, -0.2) is 0 Å². The topological polar surface area (TPSA) is 91.0 Å². The molecule has 0 saturated carbocycles. The van der Waals surface area contributed by atoms with Gasteiger partial charge in [-0.1, -0.05) is 24.3 Å². The summed E-state index contributed by atoms with van der Waals surface area (Å²) in [5.74, 6) is 0.509. The molecule has 0 aliphatic carbocycles. The molecule has 8 heteroatoms. The molecule has 2 N–H and O–H groups in total. The number of carbonyl (C=O) groups is 3. The van der Waals surface area contributed by atoms with Crippen LogP contribution in [0.25, 0.3) is 0 Å². The number of benzene rings is 2. The number of carbonyl (C=O) groups excluding carboxylic acids is 3. The first-order valence-electron chi connectivity index (χ1n) is 11.8. The minimum Gasteiger partial charge on any atom is -0.497 e. The van der Waals surface area contributed by atoms with E-state index in [1.54, 1.807) is 18.1 Å². The highest BCUT2D eigenvalue weighted by molar-refractivity contribution is 6.10. The van der Waals surface area contributed by atoms with Crippen LogP contribution in [0.3, 0.4) is 0 Å². The van der Waals surface area contributed by atoms with Gasteiger partial charge in [0.1, 0.15) is 12.3 Å². The number of ether oxygens (including phenoxy) is 1. The summed E-state index contributed by atoms with van der Waals surface area (Å²) in [6.45, 7) is 2.25. The number of rotatable bonds is 4. The molecule has 0 aromatic heterocycles. The zero-order valence-electron chi connectivity index (χ0n) is 19.5. The van der Waals surface area contributed by atoms with Crippen LogP contribution in [0.4, 0.5) is 11.4 Å². The third-order valence-electron chi connectivity index (χ3n) is 7.35. The summed E-state index contributed by atoms with van der Waals surface area (Å²) < 4.78 is 5.32. The van der Waals surface area contributed by atoms with E-state index in [2.05, 4.69) is 22.5 Å². The number of nitrogens with one attached hydrogen (secondary N) is 2. The molecule has 2 saturated heterocycles. The lowest BCUT2D eigenvalue weighted by molar-refractivity contribution is -0.123. The average molecular weight is 463 g/mol. The van der Waals surface area contributed by atoms with Crippen LogP contribution in [-0.4, -0.2) is 54.4 Å². The van der Waals surface area contributed by atoms with Crippen LogP contribution < -0.4 is 20.3 Å². The first-order valence-corrected chi connectivity index (χ1v) is 11.8. The third-order valence-corrected chi connectivity index (χ3v) is 7.35. The molecule has 0 spiro atoms. The minimum atomic E-state index is -0.435. The largest absolute Gasteiger partial charge is 0.497 e. The van der Waals surface area contributed by atoms with Crippen molar-refractivity contribution in [3.8, 4) is 5.75 Å². The predicted octanol–water partition coefficient (Wildman–Crippen LogP) is 2.85. The maximum atomic E-state index is 13.7. The lowest BCUT2D eigenvalue weighted by atomic mass is 9.88. The van der Waals surface area contributed by atoms with Gasteiger partial charge in [0.2, 0.25) is 17.7 Å². The molecule has 2 aromatic rings. The quantitative estimate of drug-likeness (QED) is 0.729. The second-order valence-electron chi connectivity index (χ2n) is 9.58. The van der Waals surface area contributed by atoms with Crippen molar-refractivity contribution in [2.45, 2.75) is 50.2 Å². The van der Waals surface area contributed by atoms with Crippen molar-refractivity contribution in [1.82, 2.24) is 10.2 Å². The molecule has 2 aromatic carbocycles. The fraction of sp³-hybridized carbons (Fsp3) is 0.423. The zero-order valence-corrected chi connectivity index (χ0v) is 19.5. The smallest absolute Gasteiger partial charge is 0.244 e. The van der Waals surface area contributed by atoms with E-state index in [1.165, 1.54) is 0 Å². The fourth-order valence-electron chi connectivity index (χ4n) is 5.75. The monoisotopic (exact) mass is 462 g/mol. The van der Waals surface area contributed by atoms with Crippen molar-refractivity contribution in [2.24, 2.45) is 0 Å². The van der Waals surface area contributed by atoms with Crippen molar-refractivity contribution in [2.75, 3.05) is 30.4 Å². The Morgan fingerprint density at radius 2 is 1.88 bits per heavy atom. The Balaban J connectivity index is 1.48. The summed E-state index contributed by atoms with van der Waals surface area (Å²) in [4.78, 5) is 42.2. The van der Waals surface area contributed by atoms with Crippen molar-refractivity contribution in [3.05, 3.63) is 54.1 Å². The van der Waals surface area contributed by atoms with Gasteiger partial charge in [-0.15, -0.1) is 0 Å². The predicted molar refractivity (Wildman–Crippen MR) is 129 cm³/mol. The maximum absolute atomic E-state index is 13.7. The van der Waals surface area contributed by atoms with Crippen LogP contribution >= 0.6 is 0 Å². The summed E-state index contributed by atoms with van der Waals surface area (Å²) in [5, 5.41) is 6.09. The first kappa shape index (κ1) is 22.4. The van der Waals surface area contributed by atoms with E-state index in [0.717, 1.165) is 24.2 Å². The summed E-state index contributed by atoms with van der Waals surface area (Å²) in [6, 6.07) is 15.2. The fourth-order valence-corrected chi connectivity index (χ4v) is 5.75. The molecular weight excluding hydrogens is 432 g/mol. The van der Waals surface area contributed by atoms with Gasteiger partial charge >= 0.3 is 0 Å². The molecule has 5 rings (SSSR count). The Hall–Kier alpha value is -3.39. The Labute approximate surface area is 199 Å². The number of hydrogen-bond donors (Lipinski definition) is 2. The highest BCUT2D eigenvalue weighted by Gasteiger charge is 2.51. The van der Waals surface area contributed by atoms with Gasteiger partial charge in [0.15, 0.2) is 0 Å². The second-order valence-corrected chi connectivity index (χ2v) is 9.58. The van der Waals surface area contributed by atoms with E-state index >= 15 is 0 Å². The van der Waals surface area contributed by atoms with Crippen molar-refractivity contribution in [1.29, 1.82) is 0 Å². The van der Waals surface area contributed by atoms with Crippen LogP contribution in [0.1, 0.15) is 44.2 Å². The highest BCUT2D eigenvalue weighted by atomic mass is 16.5. The van der Waals surface area contributed by atoms with Gasteiger partial charge < -0.3 is 15.4 Å². The van der Waals surface area contributed by atoms with E-state index in [4.69, 9.17) is 4.74 Å². The summed E-state index contributed by atoms with van der Waals surface area (Å²) >= 11 is 0. The van der Waals surface area contributed by atoms with Crippen LogP contribution in [0.2, 0.25) is 0 Å². The van der Waals surface area contributed by atoms with E-state index in [1.807, 2.05) is 42.5 Å². The van der Waals surface area contributed by atoms with Crippen molar-refractivity contribution in [3.63, 3.8) is 0 Å². The molecule has 34 heavy (non-hydrogen) atoms. The molecule has 0 bridgehead atoms. The van der Waals surface area contributed by atoms with Gasteiger partial charge in [0.25, 0.3) is 0 Å². The average Bonchev–Trinajstić information content (AvgIpc) is 2.99. The van der Waals surface area contributed by atoms with E-state index in [9.17, 15) is 14.4 Å². The standard InChI is InChI=1S/C26H30N4O4/c1-26-14-21(17-10-12-18(34-2)13-11-17)29(22(26)8-5-9-23(31)28-26)16-25(33)30-15-24(32)27-19-6-3-4-7-20(19)30/h3-4,6-7,10-13,21-22H,5,8-9,14-16H2,1-2H3,(H,27,32)(H,28,31)/t21-,22-,26-/m0/s1. The Bertz CT molecular complexity index is 1120. The van der Waals surface area contributed by atoms with Gasteiger partial charge in [-0.2, -0.15) is 0 Å². The summed E-state index contributed by atoms with van der Waals surface area (Å²) in [6.07, 6.45) is 2.81. The van der Waals surface area contributed by atoms with Crippen LogP contribution in [0, 0.1) is 0 Å². The summed E-state index contributed by atoms with van der Waals surface area (Å²) in [7, 11) is 1.64. The number of methoxy groups -OCH3 is 1. The Morgan fingerprint density at radius 1 is 1.12 bits per heavy atom.